The Kier molecular flexibility index (Phi) is 4.02. The van der Waals surface area contributed by atoms with Crippen LogP contribution in [-0.2, 0) is 6.18 Å². The first-order valence-corrected chi connectivity index (χ1v) is 6.12. The summed E-state index contributed by atoms with van der Waals surface area (Å²) in [5, 5.41) is 0. The van der Waals surface area contributed by atoms with Crippen LogP contribution >= 0.6 is 0 Å². The van der Waals surface area contributed by atoms with Crippen LogP contribution in [0, 0.1) is 6.92 Å². The fourth-order valence-corrected chi connectivity index (χ4v) is 1.92. The van der Waals surface area contributed by atoms with E-state index in [2.05, 4.69) is 9.97 Å². The van der Waals surface area contributed by atoms with Crippen molar-refractivity contribution in [3.8, 4) is 5.88 Å². The minimum Gasteiger partial charge on any atom is -0.480 e. The molecule has 0 aliphatic rings. The van der Waals surface area contributed by atoms with Crippen molar-refractivity contribution in [3.63, 3.8) is 0 Å². The van der Waals surface area contributed by atoms with Gasteiger partial charge in [0, 0.05) is 18.9 Å². The summed E-state index contributed by atoms with van der Waals surface area (Å²) in [6.07, 6.45) is -3.82. The number of alkyl halides is 3. The molecule has 0 unspecified atom stereocenters. The molecule has 21 heavy (non-hydrogen) atoms. The largest absolute Gasteiger partial charge is 0.480 e. The number of hydrogen-bond donors (Lipinski definition) is 0. The van der Waals surface area contributed by atoms with Gasteiger partial charge in [-0.15, -0.1) is 0 Å². The summed E-state index contributed by atoms with van der Waals surface area (Å²) < 4.78 is 43.1. The first-order valence-electron chi connectivity index (χ1n) is 6.12. The van der Waals surface area contributed by atoms with E-state index in [1.807, 2.05) is 31.2 Å². The maximum Gasteiger partial charge on any atom is 0.423 e. The van der Waals surface area contributed by atoms with Gasteiger partial charge >= 0.3 is 6.18 Å². The monoisotopic (exact) mass is 297 g/mol. The number of nitrogens with zero attached hydrogens (tertiary/aromatic N) is 3. The Labute approximate surface area is 120 Å². The van der Waals surface area contributed by atoms with Crippen molar-refractivity contribution in [1.29, 1.82) is 0 Å². The van der Waals surface area contributed by atoms with Crippen molar-refractivity contribution in [1.82, 2.24) is 9.97 Å². The van der Waals surface area contributed by atoms with Crippen LogP contribution < -0.4 is 9.64 Å². The van der Waals surface area contributed by atoms with Gasteiger partial charge in [0.2, 0.25) is 11.8 Å². The summed E-state index contributed by atoms with van der Waals surface area (Å²) in [5.41, 5.74) is 0.772. The maximum absolute atomic E-state index is 12.8. The van der Waals surface area contributed by atoms with Gasteiger partial charge in [0.05, 0.1) is 7.11 Å². The Morgan fingerprint density at radius 2 is 1.86 bits per heavy atom. The van der Waals surface area contributed by atoms with Crippen molar-refractivity contribution >= 4 is 11.6 Å². The van der Waals surface area contributed by atoms with Crippen LogP contribution in [0.3, 0.4) is 0 Å². The molecule has 2 rings (SSSR count). The fraction of sp³-hybridized carbons (Fsp3) is 0.286. The number of aryl methyl sites for hydroxylation is 1. The first kappa shape index (κ1) is 15.1. The van der Waals surface area contributed by atoms with Gasteiger partial charge in [0.15, 0.2) is 0 Å². The van der Waals surface area contributed by atoms with Crippen LogP contribution in [0.5, 0.6) is 5.88 Å². The smallest absolute Gasteiger partial charge is 0.423 e. The molecule has 0 aliphatic heterocycles. The second-order valence-electron chi connectivity index (χ2n) is 4.44. The van der Waals surface area contributed by atoms with Crippen LogP contribution in [-0.4, -0.2) is 24.1 Å². The lowest BCUT2D eigenvalue weighted by Gasteiger charge is -2.20. The number of ether oxygens (including phenoxy) is 1. The molecule has 0 fully saturated rings. The number of hydrogen-bond acceptors (Lipinski definition) is 4. The quantitative estimate of drug-likeness (QED) is 0.868. The zero-order chi connectivity index (χ0) is 15.6. The molecule has 0 radical (unpaired) electrons. The molecule has 0 spiro atoms. The third-order valence-corrected chi connectivity index (χ3v) is 3.02. The van der Waals surface area contributed by atoms with Gasteiger partial charge < -0.3 is 9.64 Å². The molecule has 0 bridgehead atoms. The molecule has 4 nitrogen and oxygen atoms in total. The van der Waals surface area contributed by atoms with Crippen LogP contribution in [0.4, 0.5) is 24.8 Å². The summed E-state index contributed by atoms with van der Waals surface area (Å²) in [6.45, 7) is 1.90. The third kappa shape index (κ3) is 3.07. The van der Waals surface area contributed by atoms with Crippen LogP contribution in [0.1, 0.15) is 11.1 Å². The molecular formula is C14H14F3N3O. The van der Waals surface area contributed by atoms with E-state index in [0.29, 0.717) is 0 Å². The predicted molar refractivity (Wildman–Crippen MR) is 72.8 cm³/mol. The Bertz CT molecular complexity index is 644. The molecule has 1 aromatic carbocycles. The van der Waals surface area contributed by atoms with Gasteiger partial charge in [-0.2, -0.15) is 18.2 Å². The number of para-hydroxylation sites is 1. The molecule has 1 aromatic heterocycles. The Hall–Kier alpha value is -2.31. The number of aromatic nitrogens is 2. The third-order valence-electron chi connectivity index (χ3n) is 3.02. The minimum absolute atomic E-state index is 0.133. The number of anilines is 2. The van der Waals surface area contributed by atoms with Gasteiger partial charge in [-0.25, -0.2) is 4.98 Å². The standard InChI is InChI=1S/C14H14F3N3O/c1-9-6-4-5-7-11(9)20(2)13-18-8-10(14(15,16)17)12(19-13)21-3/h4-8H,1-3H3. The molecule has 0 N–H and O–H groups in total. The molecule has 0 amide bonds. The summed E-state index contributed by atoms with van der Waals surface area (Å²) in [6, 6.07) is 7.44. The summed E-state index contributed by atoms with van der Waals surface area (Å²) >= 11 is 0. The zero-order valence-corrected chi connectivity index (χ0v) is 11.8. The van der Waals surface area contributed by atoms with Crippen LogP contribution in [0.2, 0.25) is 0 Å². The predicted octanol–water partition coefficient (Wildman–Crippen LogP) is 3.58. The molecule has 0 aliphatic carbocycles. The molecule has 112 valence electrons. The molecular weight excluding hydrogens is 283 g/mol. The maximum atomic E-state index is 12.8. The lowest BCUT2D eigenvalue weighted by molar-refractivity contribution is -0.139. The van der Waals surface area contributed by atoms with Crippen molar-refractivity contribution < 1.29 is 17.9 Å². The van der Waals surface area contributed by atoms with E-state index in [4.69, 9.17) is 4.74 Å². The van der Waals surface area contributed by atoms with Gasteiger partial charge in [0.25, 0.3) is 0 Å². The van der Waals surface area contributed by atoms with E-state index in [9.17, 15) is 13.2 Å². The van der Waals surface area contributed by atoms with E-state index in [1.165, 1.54) is 0 Å². The van der Waals surface area contributed by atoms with E-state index in [-0.39, 0.29) is 5.95 Å². The molecule has 7 heteroatoms. The van der Waals surface area contributed by atoms with Gasteiger partial charge in [-0.1, -0.05) is 18.2 Å². The number of benzene rings is 1. The molecule has 0 saturated carbocycles. The lowest BCUT2D eigenvalue weighted by Crippen LogP contribution is -2.17. The SMILES string of the molecule is COc1nc(N(C)c2ccccc2C)ncc1C(F)(F)F. The van der Waals surface area contributed by atoms with Crippen LogP contribution in [0.15, 0.2) is 30.5 Å². The lowest BCUT2D eigenvalue weighted by atomic mass is 10.2. The van der Waals surface area contributed by atoms with E-state index in [1.54, 1.807) is 11.9 Å². The van der Waals surface area contributed by atoms with E-state index in [0.717, 1.165) is 24.6 Å². The number of halogens is 3. The van der Waals surface area contributed by atoms with Crippen molar-refractivity contribution in [3.05, 3.63) is 41.6 Å². The highest BCUT2D eigenvalue weighted by molar-refractivity contribution is 5.61. The first-order chi connectivity index (χ1) is 9.84. The minimum atomic E-state index is -4.55. The van der Waals surface area contributed by atoms with E-state index >= 15 is 0 Å². The Morgan fingerprint density at radius 1 is 1.19 bits per heavy atom. The summed E-state index contributed by atoms with van der Waals surface area (Å²) in [7, 11) is 2.83. The average molecular weight is 297 g/mol. The fourth-order valence-electron chi connectivity index (χ4n) is 1.92. The zero-order valence-electron chi connectivity index (χ0n) is 11.8. The topological polar surface area (TPSA) is 38.2 Å². The van der Waals surface area contributed by atoms with Gasteiger partial charge in [-0.05, 0) is 18.6 Å². The molecule has 0 atom stereocenters. The highest BCUT2D eigenvalue weighted by Crippen LogP contribution is 2.36. The normalized spacial score (nSPS) is 11.3. The summed E-state index contributed by atoms with van der Waals surface area (Å²) in [5.74, 6) is -0.359. The second-order valence-corrected chi connectivity index (χ2v) is 4.44. The summed E-state index contributed by atoms with van der Waals surface area (Å²) in [4.78, 5) is 9.24. The van der Waals surface area contributed by atoms with Crippen molar-refractivity contribution in [2.75, 3.05) is 19.1 Å². The number of rotatable bonds is 3. The van der Waals surface area contributed by atoms with Gasteiger partial charge in [-0.3, -0.25) is 0 Å². The number of methoxy groups -OCH3 is 1. The van der Waals surface area contributed by atoms with E-state index < -0.39 is 17.6 Å². The molecule has 0 saturated heterocycles. The van der Waals surface area contributed by atoms with Crippen molar-refractivity contribution in [2.24, 2.45) is 0 Å². The van der Waals surface area contributed by atoms with Gasteiger partial charge in [0.1, 0.15) is 5.56 Å². The Morgan fingerprint density at radius 3 is 2.43 bits per heavy atom. The second kappa shape index (κ2) is 5.59. The molecule has 2 aromatic rings. The average Bonchev–Trinajstić information content (AvgIpc) is 2.45. The molecule has 1 heterocycles. The van der Waals surface area contributed by atoms with Crippen LogP contribution in [0.25, 0.3) is 0 Å². The highest BCUT2D eigenvalue weighted by atomic mass is 19.4. The highest BCUT2D eigenvalue weighted by Gasteiger charge is 2.36. The Balaban J connectivity index is 2.44. The van der Waals surface area contributed by atoms with Crippen molar-refractivity contribution in [2.45, 2.75) is 13.1 Å².